The Hall–Kier alpha value is -3.97. The van der Waals surface area contributed by atoms with Gasteiger partial charge in [0.2, 0.25) is 5.69 Å². The monoisotopic (exact) mass is 691 g/mol. The number of fused-ring (bicyclic) bond motifs is 6. The predicted octanol–water partition coefficient (Wildman–Crippen LogP) is 10.4. The minimum Gasteiger partial charge on any atom is -0.344 e. The maximum Gasteiger partial charge on any atom is 0.294 e. The van der Waals surface area contributed by atoms with E-state index in [0.717, 1.165) is 64.1 Å². The van der Waals surface area contributed by atoms with Crippen LogP contribution in [0.2, 0.25) is 0 Å². The van der Waals surface area contributed by atoms with Crippen LogP contribution in [-0.2, 0) is 20.9 Å². The molecule has 2 aliphatic heterocycles. The summed E-state index contributed by atoms with van der Waals surface area (Å²) in [6, 6.07) is 20.1. The maximum absolute atomic E-state index is 11.8. The third kappa shape index (κ3) is 5.31. The molecule has 0 fully saturated rings. The van der Waals surface area contributed by atoms with Gasteiger partial charge in [-0.1, -0.05) is 73.5 Å². The minimum absolute atomic E-state index is 0.0958. The highest BCUT2D eigenvalue weighted by atomic mass is 35.5. The van der Waals surface area contributed by atoms with Crippen LogP contribution in [0.4, 0.5) is 11.4 Å². The molecule has 4 aromatic carbocycles. The van der Waals surface area contributed by atoms with E-state index >= 15 is 0 Å². The number of halogens is 1. The van der Waals surface area contributed by atoms with Gasteiger partial charge >= 0.3 is 0 Å². The summed E-state index contributed by atoms with van der Waals surface area (Å²) in [7, 11) is -4.29. The van der Waals surface area contributed by atoms with Gasteiger partial charge in [0, 0.05) is 46.1 Å². The molecule has 1 aliphatic carbocycles. The standard InChI is InChI=1S/C42H43ClN2O3S/c1-8-44-34-20-13-29-24-26(3)10-18-32(29)38(34)41(4,5)36(44)22-15-27-11-12-28(40(27)43)16-23-37-42(6,7)39-33-19-17-31(49(46,47)48)25-30(33)14-21-35(39)45(37)9-2/h10,13-25H,8-9,11-12H2,1-7H3/p+1. The lowest BCUT2D eigenvalue weighted by molar-refractivity contribution is -0.433. The van der Waals surface area contributed by atoms with Gasteiger partial charge < -0.3 is 4.90 Å². The molecule has 0 radical (unpaired) electrons. The highest BCUT2D eigenvalue weighted by molar-refractivity contribution is 7.85. The number of likely N-dealkylation sites (N-methyl/N-ethyl adjacent to an activating group) is 1. The van der Waals surface area contributed by atoms with Gasteiger partial charge in [-0.2, -0.15) is 13.0 Å². The van der Waals surface area contributed by atoms with Crippen molar-refractivity contribution in [3.05, 3.63) is 124 Å². The van der Waals surface area contributed by atoms with E-state index in [1.807, 2.05) is 12.1 Å². The lowest BCUT2D eigenvalue weighted by Gasteiger charge is -2.26. The average molecular weight is 692 g/mol. The van der Waals surface area contributed by atoms with Crippen molar-refractivity contribution in [2.75, 3.05) is 18.0 Å². The first-order valence-corrected chi connectivity index (χ1v) is 19.0. The first-order valence-electron chi connectivity index (χ1n) is 17.2. The summed E-state index contributed by atoms with van der Waals surface area (Å²) in [6.45, 7) is 17.3. The Morgan fingerprint density at radius 3 is 2.27 bits per heavy atom. The molecule has 2 heterocycles. The van der Waals surface area contributed by atoms with Crippen LogP contribution in [0.5, 0.6) is 0 Å². The number of aryl methyl sites for hydroxylation is 1. The van der Waals surface area contributed by atoms with Crippen molar-refractivity contribution in [3.8, 4) is 0 Å². The summed E-state index contributed by atoms with van der Waals surface area (Å²) in [5.74, 6) is 0. The molecule has 5 nitrogen and oxygen atoms in total. The van der Waals surface area contributed by atoms with E-state index in [4.69, 9.17) is 11.6 Å². The summed E-state index contributed by atoms with van der Waals surface area (Å²) >= 11 is 7.12. The fourth-order valence-electron chi connectivity index (χ4n) is 8.49. The van der Waals surface area contributed by atoms with Gasteiger partial charge in [-0.15, -0.1) is 0 Å². The number of rotatable bonds is 6. The number of allylic oxidation sites excluding steroid dienone is 8. The van der Waals surface area contributed by atoms with Crippen LogP contribution in [0.25, 0.3) is 21.5 Å². The highest BCUT2D eigenvalue weighted by Crippen LogP contribution is 2.51. The fraction of sp³-hybridized carbons (Fsp3) is 0.310. The van der Waals surface area contributed by atoms with E-state index < -0.39 is 10.1 Å². The van der Waals surface area contributed by atoms with Gasteiger partial charge in [-0.25, -0.2) is 0 Å². The lowest BCUT2D eigenvalue weighted by atomic mass is 9.78. The Kier molecular flexibility index (Phi) is 8.09. The van der Waals surface area contributed by atoms with Crippen LogP contribution in [-0.4, -0.2) is 36.3 Å². The van der Waals surface area contributed by atoms with Crippen molar-refractivity contribution in [3.63, 3.8) is 0 Å². The third-order valence-electron chi connectivity index (χ3n) is 10.9. The number of hydrogen-bond acceptors (Lipinski definition) is 3. The van der Waals surface area contributed by atoms with Gasteiger partial charge in [0.05, 0.1) is 10.3 Å². The zero-order valence-electron chi connectivity index (χ0n) is 29.4. The molecule has 7 rings (SSSR count). The van der Waals surface area contributed by atoms with E-state index in [9.17, 15) is 13.0 Å². The van der Waals surface area contributed by atoms with Gasteiger partial charge in [-0.05, 0) is 116 Å². The van der Waals surface area contributed by atoms with Crippen molar-refractivity contribution in [2.24, 2.45) is 0 Å². The van der Waals surface area contributed by atoms with Gasteiger partial charge in [0.1, 0.15) is 6.54 Å². The van der Waals surface area contributed by atoms with Crippen molar-refractivity contribution < 1.29 is 17.5 Å². The minimum atomic E-state index is -4.29. The SMILES string of the molecule is CCN1C(=CC=C2CCC(C=CC3=[N+](CC)c4ccc5cc(C)ccc5c4C3(C)C)=C2Cl)C(C)(C)c2c1ccc1cc(S(=O)(=O)O)ccc21. The Morgan fingerprint density at radius 2 is 1.55 bits per heavy atom. The molecule has 7 heteroatoms. The summed E-state index contributed by atoms with van der Waals surface area (Å²) in [5, 5.41) is 5.19. The van der Waals surface area contributed by atoms with Crippen molar-refractivity contribution in [1.82, 2.24) is 0 Å². The number of anilines is 1. The molecule has 0 spiro atoms. The molecule has 49 heavy (non-hydrogen) atoms. The molecule has 3 aliphatic rings. The van der Waals surface area contributed by atoms with Gasteiger partial charge in [-0.3, -0.25) is 4.55 Å². The van der Waals surface area contributed by atoms with Crippen molar-refractivity contribution in [1.29, 1.82) is 0 Å². The number of benzene rings is 4. The molecule has 0 amide bonds. The van der Waals surface area contributed by atoms with E-state index in [0.29, 0.717) is 0 Å². The maximum atomic E-state index is 11.8. The molecule has 0 unspecified atom stereocenters. The quantitative estimate of drug-likeness (QED) is 0.161. The second kappa shape index (κ2) is 11.8. The molecule has 0 aromatic heterocycles. The fourth-order valence-corrected chi connectivity index (χ4v) is 9.32. The summed E-state index contributed by atoms with van der Waals surface area (Å²) < 4.78 is 35.7. The van der Waals surface area contributed by atoms with Crippen LogP contribution in [0.1, 0.15) is 71.1 Å². The molecule has 0 saturated carbocycles. The molecule has 1 N–H and O–H groups in total. The first-order chi connectivity index (χ1) is 23.2. The predicted molar refractivity (Wildman–Crippen MR) is 204 cm³/mol. The smallest absolute Gasteiger partial charge is 0.294 e. The third-order valence-corrected chi connectivity index (χ3v) is 12.2. The summed E-state index contributed by atoms with van der Waals surface area (Å²) in [5.41, 5.74) is 10.5. The molecule has 0 atom stereocenters. The zero-order valence-corrected chi connectivity index (χ0v) is 30.9. The molecule has 0 bridgehead atoms. The first kappa shape index (κ1) is 33.5. The Bertz CT molecular complexity index is 2360. The van der Waals surface area contributed by atoms with E-state index in [1.165, 1.54) is 45.1 Å². The van der Waals surface area contributed by atoms with E-state index in [2.05, 4.69) is 119 Å². The van der Waals surface area contributed by atoms with E-state index in [1.54, 1.807) is 6.07 Å². The summed E-state index contributed by atoms with van der Waals surface area (Å²) in [4.78, 5) is 2.23. The lowest BCUT2D eigenvalue weighted by Crippen LogP contribution is -2.27. The van der Waals surface area contributed by atoms with Crippen molar-refractivity contribution in [2.45, 2.75) is 77.0 Å². The topological polar surface area (TPSA) is 60.6 Å². The largest absolute Gasteiger partial charge is 0.344 e. The Morgan fingerprint density at radius 1 is 0.857 bits per heavy atom. The zero-order chi connectivity index (χ0) is 35.0. The van der Waals surface area contributed by atoms with Crippen LogP contribution < -0.4 is 4.90 Å². The number of hydrogen-bond donors (Lipinski definition) is 1. The molecule has 4 aromatic rings. The normalized spacial score (nSPS) is 20.2. The van der Waals surface area contributed by atoms with Crippen LogP contribution in [0.3, 0.4) is 0 Å². The molecule has 252 valence electrons. The number of nitrogens with zero attached hydrogens (tertiary/aromatic N) is 2. The highest BCUT2D eigenvalue weighted by Gasteiger charge is 2.45. The van der Waals surface area contributed by atoms with Gasteiger partial charge in [0.15, 0.2) is 5.71 Å². The molecular formula is C42H44ClN2O3S+. The average Bonchev–Trinajstić information content (AvgIpc) is 3.60. The van der Waals surface area contributed by atoms with E-state index in [-0.39, 0.29) is 15.7 Å². The van der Waals surface area contributed by atoms with Crippen LogP contribution in [0.15, 0.2) is 112 Å². The molecular weight excluding hydrogens is 648 g/mol. The second-order valence-electron chi connectivity index (χ2n) is 14.5. The second-order valence-corrected chi connectivity index (χ2v) is 16.3. The molecule has 0 saturated heterocycles. The summed E-state index contributed by atoms with van der Waals surface area (Å²) in [6.07, 6.45) is 10.7. The van der Waals surface area contributed by atoms with Crippen molar-refractivity contribution >= 4 is 60.4 Å². The Balaban J connectivity index is 1.22. The Labute approximate surface area is 295 Å². The van der Waals surface area contributed by atoms with Crippen LogP contribution >= 0.6 is 11.6 Å². The van der Waals surface area contributed by atoms with Crippen LogP contribution in [0, 0.1) is 6.92 Å². The van der Waals surface area contributed by atoms with Gasteiger partial charge in [0.25, 0.3) is 10.1 Å².